The van der Waals surface area contributed by atoms with Gasteiger partial charge in [-0.3, -0.25) is 9.59 Å². The number of fused-ring (bicyclic) bond motifs is 1. The molecule has 0 radical (unpaired) electrons. The Morgan fingerprint density at radius 3 is 2.26 bits per heavy atom. The van der Waals surface area contributed by atoms with Crippen LogP contribution in [0.5, 0.6) is 5.75 Å². The van der Waals surface area contributed by atoms with Crippen LogP contribution in [0.4, 0.5) is 0 Å². The lowest BCUT2D eigenvalue weighted by Gasteiger charge is -2.19. The minimum atomic E-state index is -0.920. The summed E-state index contributed by atoms with van der Waals surface area (Å²) < 4.78 is 10.4. The molecular weight excluding hydrogens is 394 g/mol. The molecule has 0 saturated carbocycles. The third-order valence-electron chi connectivity index (χ3n) is 4.93. The number of amides is 1. The van der Waals surface area contributed by atoms with Crippen LogP contribution in [0.2, 0.25) is 0 Å². The van der Waals surface area contributed by atoms with E-state index in [4.69, 9.17) is 9.15 Å². The van der Waals surface area contributed by atoms with Gasteiger partial charge in [-0.2, -0.15) is 0 Å². The van der Waals surface area contributed by atoms with Gasteiger partial charge in [-0.05, 0) is 17.7 Å². The quantitative estimate of drug-likeness (QED) is 0.379. The zero-order valence-electron chi connectivity index (χ0n) is 16.7. The van der Waals surface area contributed by atoms with Crippen LogP contribution in [0, 0.1) is 0 Å². The number of methoxy groups -OCH3 is 1. The average Bonchev–Trinajstić information content (AvgIpc) is 2.82. The van der Waals surface area contributed by atoms with Gasteiger partial charge in [0.05, 0.1) is 12.7 Å². The highest BCUT2D eigenvalue weighted by Crippen LogP contribution is 2.24. The molecule has 1 amide bonds. The smallest absolute Gasteiger partial charge is 0.337 e. The van der Waals surface area contributed by atoms with E-state index in [1.54, 1.807) is 60.7 Å². The second-order valence-electron chi connectivity index (χ2n) is 6.89. The molecule has 154 valence electrons. The fourth-order valence-electron chi connectivity index (χ4n) is 3.38. The van der Waals surface area contributed by atoms with Gasteiger partial charge in [0.15, 0.2) is 5.78 Å². The van der Waals surface area contributed by atoms with Crippen LogP contribution >= 0.6 is 0 Å². The molecule has 31 heavy (non-hydrogen) atoms. The fraction of sp³-hybridized carbons (Fsp3) is 0.0800. The number of ether oxygens (including phenoxy) is 1. The number of ketones is 1. The van der Waals surface area contributed by atoms with E-state index in [0.29, 0.717) is 22.3 Å². The van der Waals surface area contributed by atoms with Crippen molar-refractivity contribution in [3.05, 3.63) is 112 Å². The number of benzene rings is 3. The molecule has 1 aromatic heterocycles. The highest BCUT2D eigenvalue weighted by molar-refractivity contribution is 6.09. The normalized spacial score (nSPS) is 11.6. The Morgan fingerprint density at radius 2 is 1.58 bits per heavy atom. The molecule has 0 spiro atoms. The molecule has 6 heteroatoms. The summed E-state index contributed by atoms with van der Waals surface area (Å²) in [5, 5.41) is 3.24. The number of Topliss-reactive ketones (excluding diaryl/α,β-unsaturated/α-hetero) is 1. The van der Waals surface area contributed by atoms with E-state index < -0.39 is 17.6 Å². The molecule has 0 aliphatic rings. The minimum Gasteiger partial charge on any atom is -0.497 e. The first kappa shape index (κ1) is 20.1. The first-order valence-electron chi connectivity index (χ1n) is 9.64. The zero-order chi connectivity index (χ0) is 21.8. The Kier molecular flexibility index (Phi) is 5.62. The molecule has 0 fully saturated rings. The molecule has 1 atom stereocenters. The van der Waals surface area contributed by atoms with E-state index in [0.717, 1.165) is 6.07 Å². The van der Waals surface area contributed by atoms with Crippen LogP contribution in [-0.4, -0.2) is 18.8 Å². The second-order valence-corrected chi connectivity index (χ2v) is 6.89. The molecule has 4 aromatic rings. The molecular formula is C25H19NO5. The Labute approximate surface area is 178 Å². The van der Waals surface area contributed by atoms with E-state index in [-0.39, 0.29) is 16.9 Å². The molecule has 0 aliphatic carbocycles. The van der Waals surface area contributed by atoms with Crippen molar-refractivity contribution in [2.75, 3.05) is 7.11 Å². The number of hydrogen-bond acceptors (Lipinski definition) is 5. The average molecular weight is 413 g/mol. The van der Waals surface area contributed by atoms with E-state index >= 15 is 0 Å². The third kappa shape index (κ3) is 4.23. The predicted octanol–water partition coefficient (Wildman–Crippen LogP) is 4.16. The minimum absolute atomic E-state index is 0.121. The SMILES string of the molecule is COc1ccc2c(C(=O)NC(C(=O)c3ccccc3)c3ccccc3)cc(=O)oc2c1. The fourth-order valence-corrected chi connectivity index (χ4v) is 3.38. The molecule has 4 rings (SSSR count). The van der Waals surface area contributed by atoms with Crippen LogP contribution in [0.25, 0.3) is 11.0 Å². The van der Waals surface area contributed by atoms with Gasteiger partial charge in [0.1, 0.15) is 17.4 Å². The van der Waals surface area contributed by atoms with Crippen molar-refractivity contribution in [1.29, 1.82) is 0 Å². The molecule has 3 aromatic carbocycles. The lowest BCUT2D eigenvalue weighted by Crippen LogP contribution is -2.34. The molecule has 1 unspecified atom stereocenters. The van der Waals surface area contributed by atoms with E-state index in [9.17, 15) is 14.4 Å². The summed E-state index contributed by atoms with van der Waals surface area (Å²) in [6, 6.07) is 22.8. The second kappa shape index (κ2) is 8.67. The summed E-state index contributed by atoms with van der Waals surface area (Å²) in [5.41, 5.74) is 0.785. The molecule has 0 saturated heterocycles. The van der Waals surface area contributed by atoms with Crippen LogP contribution in [-0.2, 0) is 0 Å². The van der Waals surface area contributed by atoms with Gasteiger partial charge >= 0.3 is 5.63 Å². The summed E-state index contributed by atoms with van der Waals surface area (Å²) in [6.45, 7) is 0. The van der Waals surface area contributed by atoms with Crippen molar-refractivity contribution in [1.82, 2.24) is 5.32 Å². The van der Waals surface area contributed by atoms with Gasteiger partial charge < -0.3 is 14.5 Å². The first-order valence-corrected chi connectivity index (χ1v) is 9.64. The maximum atomic E-state index is 13.2. The molecule has 0 bridgehead atoms. The maximum Gasteiger partial charge on any atom is 0.337 e. The van der Waals surface area contributed by atoms with Gasteiger partial charge in [0.25, 0.3) is 5.91 Å². The van der Waals surface area contributed by atoms with Crippen molar-refractivity contribution in [3.63, 3.8) is 0 Å². The Hall–Kier alpha value is -4.19. The number of carbonyl (C=O) groups is 2. The predicted molar refractivity (Wildman–Crippen MR) is 116 cm³/mol. The van der Waals surface area contributed by atoms with Crippen LogP contribution in [0.15, 0.2) is 94.1 Å². The summed E-state index contributed by atoms with van der Waals surface area (Å²) in [4.78, 5) is 38.5. The molecule has 1 N–H and O–H groups in total. The number of rotatable bonds is 6. The summed E-state index contributed by atoms with van der Waals surface area (Å²) in [6.07, 6.45) is 0. The first-order chi connectivity index (χ1) is 15.1. The van der Waals surface area contributed by atoms with E-state index in [1.165, 1.54) is 13.2 Å². The van der Waals surface area contributed by atoms with E-state index in [1.807, 2.05) is 12.1 Å². The van der Waals surface area contributed by atoms with E-state index in [2.05, 4.69) is 5.32 Å². The van der Waals surface area contributed by atoms with Crippen LogP contribution < -0.4 is 15.7 Å². The third-order valence-corrected chi connectivity index (χ3v) is 4.93. The van der Waals surface area contributed by atoms with Gasteiger partial charge in [0, 0.05) is 23.1 Å². The highest BCUT2D eigenvalue weighted by Gasteiger charge is 2.25. The zero-order valence-corrected chi connectivity index (χ0v) is 16.7. The topological polar surface area (TPSA) is 85.6 Å². The maximum absolute atomic E-state index is 13.2. The summed E-state index contributed by atoms with van der Waals surface area (Å²) >= 11 is 0. The standard InChI is InChI=1S/C25H19NO5/c1-30-18-12-13-19-20(15-22(27)31-21(19)14-18)25(29)26-23(16-8-4-2-5-9-16)24(28)17-10-6-3-7-11-17/h2-15,23H,1H3,(H,26,29). The van der Waals surface area contributed by atoms with Crippen molar-refractivity contribution in [2.24, 2.45) is 0 Å². The van der Waals surface area contributed by atoms with Crippen molar-refractivity contribution >= 4 is 22.7 Å². The molecule has 6 nitrogen and oxygen atoms in total. The van der Waals surface area contributed by atoms with Crippen molar-refractivity contribution < 1.29 is 18.7 Å². The Bertz CT molecular complexity index is 1300. The monoisotopic (exact) mass is 413 g/mol. The number of nitrogens with one attached hydrogen (secondary N) is 1. The summed E-state index contributed by atoms with van der Waals surface area (Å²) in [5.74, 6) is -0.315. The van der Waals surface area contributed by atoms with Crippen molar-refractivity contribution in [3.8, 4) is 5.75 Å². The Balaban J connectivity index is 1.75. The van der Waals surface area contributed by atoms with Crippen LogP contribution in [0.1, 0.15) is 32.3 Å². The lowest BCUT2D eigenvalue weighted by atomic mass is 9.97. The number of carbonyl (C=O) groups excluding carboxylic acids is 2. The largest absolute Gasteiger partial charge is 0.497 e. The molecule has 0 aliphatic heterocycles. The van der Waals surface area contributed by atoms with Gasteiger partial charge in [-0.15, -0.1) is 0 Å². The summed E-state index contributed by atoms with van der Waals surface area (Å²) in [7, 11) is 1.50. The Morgan fingerprint density at radius 1 is 0.903 bits per heavy atom. The van der Waals surface area contributed by atoms with Gasteiger partial charge in [-0.1, -0.05) is 60.7 Å². The number of hydrogen-bond donors (Lipinski definition) is 1. The van der Waals surface area contributed by atoms with Gasteiger partial charge in [-0.25, -0.2) is 4.79 Å². The van der Waals surface area contributed by atoms with Gasteiger partial charge in [0.2, 0.25) is 0 Å². The van der Waals surface area contributed by atoms with Crippen LogP contribution in [0.3, 0.4) is 0 Å². The van der Waals surface area contributed by atoms with Crippen molar-refractivity contribution in [2.45, 2.75) is 6.04 Å². The lowest BCUT2D eigenvalue weighted by molar-refractivity contribution is 0.0857. The highest BCUT2D eigenvalue weighted by atomic mass is 16.5. The molecule has 1 heterocycles.